The van der Waals surface area contributed by atoms with Crippen molar-refractivity contribution in [1.29, 1.82) is 0 Å². The lowest BCUT2D eigenvalue weighted by atomic mass is 10.1. The first kappa shape index (κ1) is 10.5. The standard InChI is InChI=1S/C8H15N3OS/c1-4-13-5-6-10-7(11-12-6)8(2,3)9/h4-5,9H2,1-3H3. The number of aromatic nitrogens is 2. The molecular weight excluding hydrogens is 186 g/mol. The van der Waals surface area contributed by atoms with Crippen molar-refractivity contribution in [3.8, 4) is 0 Å². The molecule has 0 unspecified atom stereocenters. The summed E-state index contributed by atoms with van der Waals surface area (Å²) in [7, 11) is 0. The average molecular weight is 201 g/mol. The van der Waals surface area contributed by atoms with Gasteiger partial charge in [-0.3, -0.25) is 0 Å². The molecule has 13 heavy (non-hydrogen) atoms. The van der Waals surface area contributed by atoms with Gasteiger partial charge in [-0.15, -0.1) is 0 Å². The second kappa shape index (κ2) is 4.11. The first-order valence-corrected chi connectivity index (χ1v) is 5.39. The van der Waals surface area contributed by atoms with E-state index in [0.717, 1.165) is 11.5 Å². The fourth-order valence-electron chi connectivity index (χ4n) is 0.765. The summed E-state index contributed by atoms with van der Waals surface area (Å²) in [5.41, 5.74) is 5.29. The normalized spacial score (nSPS) is 12.0. The average Bonchev–Trinajstić information content (AvgIpc) is 2.47. The van der Waals surface area contributed by atoms with E-state index in [0.29, 0.717) is 11.7 Å². The van der Waals surface area contributed by atoms with Crippen molar-refractivity contribution < 1.29 is 4.52 Å². The summed E-state index contributed by atoms with van der Waals surface area (Å²) in [6.07, 6.45) is 0. The van der Waals surface area contributed by atoms with E-state index in [-0.39, 0.29) is 0 Å². The Labute approximate surface area is 82.3 Å². The van der Waals surface area contributed by atoms with Crippen molar-refractivity contribution in [2.75, 3.05) is 5.75 Å². The van der Waals surface area contributed by atoms with Crippen molar-refractivity contribution in [2.24, 2.45) is 5.73 Å². The molecule has 1 rings (SSSR count). The van der Waals surface area contributed by atoms with Crippen LogP contribution in [0.2, 0.25) is 0 Å². The van der Waals surface area contributed by atoms with Crippen molar-refractivity contribution in [3.05, 3.63) is 11.7 Å². The van der Waals surface area contributed by atoms with Gasteiger partial charge in [0.2, 0.25) is 5.89 Å². The minimum atomic E-state index is -0.515. The van der Waals surface area contributed by atoms with Gasteiger partial charge in [0.25, 0.3) is 0 Å². The molecule has 0 aliphatic heterocycles. The molecule has 1 heterocycles. The molecule has 0 fully saturated rings. The molecule has 0 saturated heterocycles. The summed E-state index contributed by atoms with van der Waals surface area (Å²) in [5.74, 6) is 3.03. The summed E-state index contributed by atoms with van der Waals surface area (Å²) < 4.78 is 5.03. The molecule has 0 atom stereocenters. The fourth-order valence-corrected chi connectivity index (χ4v) is 1.26. The maximum atomic E-state index is 5.81. The molecule has 0 aliphatic carbocycles. The van der Waals surface area contributed by atoms with E-state index in [9.17, 15) is 0 Å². The van der Waals surface area contributed by atoms with Crippen LogP contribution in [0.15, 0.2) is 4.52 Å². The maximum Gasteiger partial charge on any atom is 0.236 e. The second-order valence-corrected chi connectivity index (χ2v) is 4.64. The van der Waals surface area contributed by atoms with Crippen LogP contribution in [-0.2, 0) is 11.3 Å². The predicted molar refractivity (Wildman–Crippen MR) is 53.3 cm³/mol. The number of hydrogen-bond acceptors (Lipinski definition) is 5. The number of rotatable bonds is 4. The van der Waals surface area contributed by atoms with Gasteiger partial charge in [0.15, 0.2) is 5.82 Å². The lowest BCUT2D eigenvalue weighted by Crippen LogP contribution is -2.30. The van der Waals surface area contributed by atoms with Crippen LogP contribution in [0.4, 0.5) is 0 Å². The maximum absolute atomic E-state index is 5.81. The zero-order valence-corrected chi connectivity index (χ0v) is 9.02. The van der Waals surface area contributed by atoms with E-state index in [2.05, 4.69) is 17.1 Å². The topological polar surface area (TPSA) is 64.9 Å². The molecule has 74 valence electrons. The van der Waals surface area contributed by atoms with E-state index < -0.39 is 5.54 Å². The van der Waals surface area contributed by atoms with Crippen LogP contribution in [0.25, 0.3) is 0 Å². The highest BCUT2D eigenvalue weighted by molar-refractivity contribution is 7.98. The van der Waals surface area contributed by atoms with Gasteiger partial charge in [0.05, 0.1) is 11.3 Å². The SMILES string of the molecule is CCSCc1nc(C(C)(C)N)no1. The lowest BCUT2D eigenvalue weighted by molar-refractivity contribution is 0.370. The summed E-state index contributed by atoms with van der Waals surface area (Å²) >= 11 is 1.75. The first-order chi connectivity index (χ1) is 6.04. The van der Waals surface area contributed by atoms with Crippen molar-refractivity contribution in [1.82, 2.24) is 10.1 Å². The van der Waals surface area contributed by atoms with Gasteiger partial charge in [-0.1, -0.05) is 12.1 Å². The molecule has 0 aliphatic rings. The number of nitrogens with zero attached hydrogens (tertiary/aromatic N) is 2. The number of nitrogens with two attached hydrogens (primary N) is 1. The second-order valence-electron chi connectivity index (χ2n) is 3.37. The fraction of sp³-hybridized carbons (Fsp3) is 0.750. The highest BCUT2D eigenvalue weighted by atomic mass is 32.2. The van der Waals surface area contributed by atoms with Gasteiger partial charge in [-0.05, 0) is 19.6 Å². The summed E-state index contributed by atoms with van der Waals surface area (Å²) in [6, 6.07) is 0. The third kappa shape index (κ3) is 3.00. The van der Waals surface area contributed by atoms with Gasteiger partial charge in [0.1, 0.15) is 0 Å². The zero-order chi connectivity index (χ0) is 9.90. The van der Waals surface area contributed by atoms with Gasteiger partial charge >= 0.3 is 0 Å². The Balaban J connectivity index is 2.64. The van der Waals surface area contributed by atoms with Crippen LogP contribution in [-0.4, -0.2) is 15.9 Å². The van der Waals surface area contributed by atoms with Crippen LogP contribution in [0, 0.1) is 0 Å². The number of hydrogen-bond donors (Lipinski definition) is 1. The molecule has 4 nitrogen and oxygen atoms in total. The highest BCUT2D eigenvalue weighted by Crippen LogP contribution is 2.15. The molecule has 5 heteroatoms. The van der Waals surface area contributed by atoms with Gasteiger partial charge in [-0.25, -0.2) is 0 Å². The minimum absolute atomic E-state index is 0.515. The molecular formula is C8H15N3OS. The van der Waals surface area contributed by atoms with E-state index in [1.54, 1.807) is 11.8 Å². The molecule has 0 aromatic carbocycles. The zero-order valence-electron chi connectivity index (χ0n) is 8.20. The van der Waals surface area contributed by atoms with Crippen molar-refractivity contribution in [3.63, 3.8) is 0 Å². The third-order valence-corrected chi connectivity index (χ3v) is 2.33. The molecule has 1 aromatic heterocycles. The molecule has 0 spiro atoms. The molecule has 1 aromatic rings. The summed E-state index contributed by atoms with van der Waals surface area (Å²) in [5, 5.41) is 3.82. The quantitative estimate of drug-likeness (QED) is 0.800. The van der Waals surface area contributed by atoms with Crippen molar-refractivity contribution >= 4 is 11.8 Å². The van der Waals surface area contributed by atoms with Crippen molar-refractivity contribution in [2.45, 2.75) is 32.1 Å². The van der Waals surface area contributed by atoms with E-state index in [1.165, 1.54) is 0 Å². The molecule has 2 N–H and O–H groups in total. The van der Waals surface area contributed by atoms with E-state index in [4.69, 9.17) is 10.3 Å². The molecule has 0 radical (unpaired) electrons. The number of thioether (sulfide) groups is 1. The van der Waals surface area contributed by atoms with Gasteiger partial charge < -0.3 is 10.3 Å². The third-order valence-electron chi connectivity index (χ3n) is 1.47. The predicted octanol–water partition coefficient (Wildman–Crippen LogP) is 1.52. The summed E-state index contributed by atoms with van der Waals surface area (Å²) in [4.78, 5) is 4.20. The minimum Gasteiger partial charge on any atom is -0.338 e. The van der Waals surface area contributed by atoms with Crippen LogP contribution >= 0.6 is 11.8 Å². The lowest BCUT2D eigenvalue weighted by Gasteiger charge is -2.11. The van der Waals surface area contributed by atoms with Gasteiger partial charge in [-0.2, -0.15) is 16.7 Å². The van der Waals surface area contributed by atoms with E-state index >= 15 is 0 Å². The Morgan fingerprint density at radius 1 is 1.54 bits per heavy atom. The smallest absolute Gasteiger partial charge is 0.236 e. The molecule has 0 amide bonds. The Bertz CT molecular complexity index is 267. The highest BCUT2D eigenvalue weighted by Gasteiger charge is 2.21. The van der Waals surface area contributed by atoms with Crippen LogP contribution < -0.4 is 5.73 Å². The Morgan fingerprint density at radius 2 is 2.23 bits per heavy atom. The molecule has 0 bridgehead atoms. The van der Waals surface area contributed by atoms with Crippen LogP contribution in [0.5, 0.6) is 0 Å². The molecule has 0 saturated carbocycles. The Kier molecular flexibility index (Phi) is 3.33. The monoisotopic (exact) mass is 201 g/mol. The van der Waals surface area contributed by atoms with Crippen LogP contribution in [0.1, 0.15) is 32.5 Å². The first-order valence-electron chi connectivity index (χ1n) is 4.23. The summed E-state index contributed by atoms with van der Waals surface area (Å²) in [6.45, 7) is 5.80. The largest absolute Gasteiger partial charge is 0.338 e. The van der Waals surface area contributed by atoms with Gasteiger partial charge in [0, 0.05) is 0 Å². The van der Waals surface area contributed by atoms with E-state index in [1.807, 2.05) is 13.8 Å². The Morgan fingerprint density at radius 3 is 2.69 bits per heavy atom. The Hall–Kier alpha value is -0.550. The van der Waals surface area contributed by atoms with Crippen LogP contribution in [0.3, 0.4) is 0 Å².